The van der Waals surface area contributed by atoms with E-state index < -0.39 is 6.43 Å². The number of aromatic nitrogens is 4. The Morgan fingerprint density at radius 1 is 1.32 bits per heavy atom. The van der Waals surface area contributed by atoms with Crippen molar-refractivity contribution < 1.29 is 18.6 Å². The Kier molecular flexibility index (Phi) is 6.71. The summed E-state index contributed by atoms with van der Waals surface area (Å²) in [5.41, 5.74) is 7.81. The number of halogens is 3. The molecule has 1 fully saturated rings. The molecule has 0 spiro atoms. The van der Waals surface area contributed by atoms with Crippen LogP contribution in [0.25, 0.3) is 16.9 Å². The monoisotopic (exact) mass is 411 g/mol. The van der Waals surface area contributed by atoms with Gasteiger partial charge in [0.2, 0.25) is 12.4 Å². The largest absolute Gasteiger partial charge is 0.391 e. The summed E-state index contributed by atoms with van der Waals surface area (Å²) >= 11 is 6.11. The molecule has 1 unspecified atom stereocenters. The maximum Gasteiger partial charge on any atom is 0.242 e. The Hall–Kier alpha value is -2.36. The van der Waals surface area contributed by atoms with Crippen LogP contribution in [0.5, 0.6) is 0 Å². The van der Waals surface area contributed by atoms with Crippen LogP contribution in [-0.2, 0) is 11.2 Å². The number of nitrogens with zero attached hydrogens (tertiary/aromatic N) is 4. The second kappa shape index (κ2) is 9.22. The van der Waals surface area contributed by atoms with Gasteiger partial charge in [0, 0.05) is 19.2 Å². The highest BCUT2D eigenvalue weighted by Gasteiger charge is 2.13. The fourth-order valence-electron chi connectivity index (χ4n) is 2.75. The number of rotatable bonds is 3. The van der Waals surface area contributed by atoms with Gasteiger partial charge in [-0.3, -0.25) is 4.98 Å². The predicted molar refractivity (Wildman–Crippen MR) is 101 cm³/mol. The zero-order chi connectivity index (χ0) is 20.1. The quantitative estimate of drug-likeness (QED) is 0.687. The minimum absolute atomic E-state index is 0.102. The number of hydrogen-bond acceptors (Lipinski definition) is 6. The SMILES string of the molecule is Nc1ncc2c(Cl)cc(-c3ccc(CC(F)F)cn3)n2n1.OC1CCCOC1. The van der Waals surface area contributed by atoms with Crippen LogP contribution < -0.4 is 5.73 Å². The van der Waals surface area contributed by atoms with Gasteiger partial charge in [-0.2, -0.15) is 0 Å². The smallest absolute Gasteiger partial charge is 0.242 e. The number of nitrogen functional groups attached to an aromatic ring is 1. The number of aliphatic hydroxyl groups is 1. The number of ether oxygens (including phenoxy) is 1. The second-order valence-electron chi connectivity index (χ2n) is 6.31. The second-order valence-corrected chi connectivity index (χ2v) is 6.72. The minimum atomic E-state index is -2.39. The van der Waals surface area contributed by atoms with E-state index in [9.17, 15) is 8.78 Å². The molecule has 3 aromatic heterocycles. The Morgan fingerprint density at radius 2 is 2.14 bits per heavy atom. The van der Waals surface area contributed by atoms with Crippen LogP contribution in [0.4, 0.5) is 14.7 Å². The van der Waals surface area contributed by atoms with Gasteiger partial charge in [-0.05, 0) is 30.5 Å². The molecule has 0 bridgehead atoms. The van der Waals surface area contributed by atoms with E-state index in [0.29, 0.717) is 34.1 Å². The van der Waals surface area contributed by atoms with Crippen molar-refractivity contribution in [2.45, 2.75) is 31.8 Å². The van der Waals surface area contributed by atoms with Crippen molar-refractivity contribution in [2.24, 2.45) is 0 Å². The molecule has 4 heterocycles. The first kappa shape index (κ1) is 20.4. The highest BCUT2D eigenvalue weighted by atomic mass is 35.5. The van der Waals surface area contributed by atoms with E-state index in [-0.39, 0.29) is 18.5 Å². The van der Waals surface area contributed by atoms with E-state index in [4.69, 9.17) is 27.2 Å². The number of hydrogen-bond donors (Lipinski definition) is 2. The summed E-state index contributed by atoms with van der Waals surface area (Å²) in [6.07, 6.45) is 1.96. The van der Waals surface area contributed by atoms with Crippen LogP contribution in [0, 0.1) is 0 Å². The third-order valence-corrected chi connectivity index (χ3v) is 4.40. The lowest BCUT2D eigenvalue weighted by Crippen LogP contribution is -2.21. The zero-order valence-electron chi connectivity index (χ0n) is 14.9. The molecule has 0 amide bonds. The van der Waals surface area contributed by atoms with Gasteiger partial charge in [0.1, 0.15) is 5.52 Å². The lowest BCUT2D eigenvalue weighted by atomic mass is 10.2. The minimum Gasteiger partial charge on any atom is -0.391 e. The molecule has 0 aliphatic carbocycles. The van der Waals surface area contributed by atoms with Crippen LogP contribution in [0.1, 0.15) is 18.4 Å². The summed E-state index contributed by atoms with van der Waals surface area (Å²) < 4.78 is 31.1. The van der Waals surface area contributed by atoms with Crippen molar-refractivity contribution in [3.63, 3.8) is 0 Å². The summed E-state index contributed by atoms with van der Waals surface area (Å²) in [6, 6.07) is 4.93. The van der Waals surface area contributed by atoms with Crippen LogP contribution >= 0.6 is 11.6 Å². The number of aliphatic hydroxyl groups excluding tert-OH is 1. The van der Waals surface area contributed by atoms with Crippen molar-refractivity contribution in [1.82, 2.24) is 19.6 Å². The summed E-state index contributed by atoms with van der Waals surface area (Å²) in [6.45, 7) is 1.37. The molecular weight excluding hydrogens is 392 g/mol. The average Bonchev–Trinajstić information content (AvgIpc) is 2.99. The standard InChI is InChI=1S/C13H10ClF2N5.C5H10O2/c14-8-4-10(21-11(8)6-19-13(17)20-21)9-2-1-7(5-18-9)3-12(15)16;6-5-2-1-3-7-4-5/h1-2,4-6,12H,3H2,(H2,17,20);5-6H,1-4H2. The molecule has 0 aromatic carbocycles. The molecule has 0 saturated carbocycles. The van der Waals surface area contributed by atoms with E-state index in [0.717, 1.165) is 19.4 Å². The average molecular weight is 412 g/mol. The van der Waals surface area contributed by atoms with Gasteiger partial charge >= 0.3 is 0 Å². The molecule has 1 aliphatic rings. The van der Waals surface area contributed by atoms with Crippen LogP contribution in [-0.4, -0.2) is 50.4 Å². The molecule has 7 nitrogen and oxygen atoms in total. The first-order chi connectivity index (χ1) is 13.4. The number of pyridine rings is 1. The van der Waals surface area contributed by atoms with Gasteiger partial charge in [-0.15, -0.1) is 5.10 Å². The molecule has 3 N–H and O–H groups in total. The van der Waals surface area contributed by atoms with Crippen LogP contribution in [0.2, 0.25) is 5.02 Å². The molecule has 1 atom stereocenters. The molecule has 4 rings (SSSR count). The molecular formula is C18H20ClF2N5O2. The van der Waals surface area contributed by atoms with E-state index in [1.807, 2.05) is 0 Å². The Bertz CT molecular complexity index is 914. The summed E-state index contributed by atoms with van der Waals surface area (Å²) in [7, 11) is 0. The molecule has 10 heteroatoms. The van der Waals surface area contributed by atoms with Gasteiger partial charge < -0.3 is 15.6 Å². The summed E-state index contributed by atoms with van der Waals surface area (Å²) in [5.74, 6) is 0.102. The van der Waals surface area contributed by atoms with E-state index in [1.54, 1.807) is 18.2 Å². The lowest BCUT2D eigenvalue weighted by molar-refractivity contribution is -0.00535. The first-order valence-electron chi connectivity index (χ1n) is 8.73. The number of anilines is 1. The van der Waals surface area contributed by atoms with E-state index in [2.05, 4.69) is 15.1 Å². The number of nitrogens with two attached hydrogens (primary N) is 1. The fourth-order valence-corrected chi connectivity index (χ4v) is 2.98. The van der Waals surface area contributed by atoms with E-state index in [1.165, 1.54) is 16.9 Å². The zero-order valence-corrected chi connectivity index (χ0v) is 15.7. The van der Waals surface area contributed by atoms with Gasteiger partial charge in [-0.1, -0.05) is 17.7 Å². The van der Waals surface area contributed by atoms with Crippen molar-refractivity contribution in [3.8, 4) is 11.4 Å². The number of alkyl halides is 2. The maximum absolute atomic E-state index is 12.3. The van der Waals surface area contributed by atoms with Crippen molar-refractivity contribution in [2.75, 3.05) is 18.9 Å². The fraction of sp³-hybridized carbons (Fsp3) is 0.389. The van der Waals surface area contributed by atoms with Crippen molar-refractivity contribution in [3.05, 3.63) is 41.2 Å². The van der Waals surface area contributed by atoms with Crippen LogP contribution in [0.3, 0.4) is 0 Å². The maximum atomic E-state index is 12.3. The van der Waals surface area contributed by atoms with Gasteiger partial charge in [0.15, 0.2) is 0 Å². The van der Waals surface area contributed by atoms with Gasteiger partial charge in [-0.25, -0.2) is 18.3 Å². The molecule has 150 valence electrons. The Labute approximate surface area is 165 Å². The highest BCUT2D eigenvalue weighted by molar-refractivity contribution is 6.34. The molecule has 28 heavy (non-hydrogen) atoms. The summed E-state index contributed by atoms with van der Waals surface area (Å²) in [5, 5.41) is 13.3. The van der Waals surface area contributed by atoms with Crippen molar-refractivity contribution >= 4 is 23.1 Å². The lowest BCUT2D eigenvalue weighted by Gasteiger charge is -2.15. The normalized spacial score (nSPS) is 16.8. The number of fused-ring (bicyclic) bond motifs is 1. The first-order valence-corrected chi connectivity index (χ1v) is 9.11. The Balaban J connectivity index is 0.000000271. The van der Waals surface area contributed by atoms with Crippen molar-refractivity contribution in [1.29, 1.82) is 0 Å². The van der Waals surface area contributed by atoms with Gasteiger partial charge in [0.05, 0.1) is 35.3 Å². The third kappa shape index (κ3) is 5.12. The summed E-state index contributed by atoms with van der Waals surface area (Å²) in [4.78, 5) is 8.06. The molecule has 3 aromatic rings. The molecule has 0 radical (unpaired) electrons. The molecule has 1 aliphatic heterocycles. The highest BCUT2D eigenvalue weighted by Crippen LogP contribution is 2.27. The van der Waals surface area contributed by atoms with Crippen LogP contribution in [0.15, 0.2) is 30.6 Å². The Morgan fingerprint density at radius 3 is 2.71 bits per heavy atom. The topological polar surface area (TPSA) is 98.6 Å². The van der Waals surface area contributed by atoms with Gasteiger partial charge in [0.25, 0.3) is 0 Å². The van der Waals surface area contributed by atoms with E-state index >= 15 is 0 Å². The third-order valence-electron chi connectivity index (χ3n) is 4.10. The predicted octanol–water partition coefficient (Wildman–Crippen LogP) is 2.99. The molecule has 1 saturated heterocycles.